The Balaban J connectivity index is 1.72. The summed E-state index contributed by atoms with van der Waals surface area (Å²) in [7, 11) is 3.28. The fourth-order valence-electron chi connectivity index (χ4n) is 3.01. The summed E-state index contributed by atoms with van der Waals surface area (Å²) in [6.45, 7) is 0.780. The van der Waals surface area contributed by atoms with Crippen molar-refractivity contribution in [1.82, 2.24) is 4.90 Å². The Kier molecular flexibility index (Phi) is 5.87. The van der Waals surface area contributed by atoms with Gasteiger partial charge in [-0.05, 0) is 29.7 Å². The third kappa shape index (κ3) is 4.28. The van der Waals surface area contributed by atoms with E-state index in [4.69, 9.17) is 9.47 Å². The van der Waals surface area contributed by atoms with Gasteiger partial charge in [-0.1, -0.05) is 30.3 Å². The molecule has 0 N–H and O–H groups in total. The molecule has 2 aromatic carbocycles. The molecule has 1 atom stereocenters. The van der Waals surface area contributed by atoms with Crippen LogP contribution in [0.1, 0.15) is 22.9 Å². The smallest absolute Gasteiger partial charge is 0.224 e. The maximum atomic E-state index is 12.8. The molecule has 1 saturated heterocycles. The molecular formula is C20H23NO3S. The molecule has 3 rings (SSSR count). The number of rotatable bonds is 6. The maximum Gasteiger partial charge on any atom is 0.224 e. The molecule has 1 fully saturated rings. The first kappa shape index (κ1) is 17.7. The largest absolute Gasteiger partial charge is 0.497 e. The fraction of sp³-hybridized carbons (Fsp3) is 0.350. The van der Waals surface area contributed by atoms with E-state index in [0.29, 0.717) is 6.42 Å². The molecule has 1 aliphatic heterocycles. The lowest BCUT2D eigenvalue weighted by Gasteiger charge is -2.25. The van der Waals surface area contributed by atoms with Gasteiger partial charge in [0.05, 0.1) is 14.2 Å². The number of hydrogen-bond acceptors (Lipinski definition) is 4. The van der Waals surface area contributed by atoms with Crippen LogP contribution in [0.25, 0.3) is 0 Å². The molecule has 0 unspecified atom stereocenters. The first-order valence-electron chi connectivity index (χ1n) is 8.39. The number of carbonyl (C=O) groups excluding carboxylic acids is 1. The van der Waals surface area contributed by atoms with Crippen LogP contribution in [0.5, 0.6) is 11.5 Å². The minimum Gasteiger partial charge on any atom is -0.497 e. The first-order valence-corrected chi connectivity index (χ1v) is 9.44. The van der Waals surface area contributed by atoms with Crippen molar-refractivity contribution in [2.75, 3.05) is 26.5 Å². The topological polar surface area (TPSA) is 38.8 Å². The molecule has 0 aromatic heterocycles. The summed E-state index contributed by atoms with van der Waals surface area (Å²) in [5.41, 5.74) is 2.24. The fourth-order valence-corrected chi connectivity index (χ4v) is 4.27. The number of ether oxygens (including phenoxy) is 2. The van der Waals surface area contributed by atoms with E-state index in [9.17, 15) is 4.79 Å². The van der Waals surface area contributed by atoms with E-state index in [-0.39, 0.29) is 11.3 Å². The lowest BCUT2D eigenvalue weighted by molar-refractivity contribution is -0.131. The number of nitrogens with zero attached hydrogens (tertiary/aromatic N) is 1. The Morgan fingerprint density at radius 2 is 1.80 bits per heavy atom. The molecule has 1 heterocycles. The Hall–Kier alpha value is -2.14. The van der Waals surface area contributed by atoms with Crippen LogP contribution in [-0.2, 0) is 11.2 Å². The van der Waals surface area contributed by atoms with Gasteiger partial charge < -0.3 is 14.4 Å². The summed E-state index contributed by atoms with van der Waals surface area (Å²) in [4.78, 5) is 14.7. The lowest BCUT2D eigenvalue weighted by atomic mass is 10.1. The molecule has 25 heavy (non-hydrogen) atoms. The zero-order valence-corrected chi connectivity index (χ0v) is 15.4. The minimum absolute atomic E-state index is 0.0206. The summed E-state index contributed by atoms with van der Waals surface area (Å²) in [5, 5.41) is 0.0206. The number of methoxy groups -OCH3 is 2. The Bertz CT molecular complexity index is 698. The van der Waals surface area contributed by atoms with E-state index in [1.807, 2.05) is 41.3 Å². The Morgan fingerprint density at radius 1 is 1.12 bits per heavy atom. The number of benzene rings is 2. The van der Waals surface area contributed by atoms with Gasteiger partial charge in [0, 0.05) is 24.8 Å². The van der Waals surface area contributed by atoms with E-state index >= 15 is 0 Å². The van der Waals surface area contributed by atoms with Crippen molar-refractivity contribution in [2.24, 2.45) is 0 Å². The molecule has 2 aromatic rings. The molecule has 0 saturated carbocycles. The molecule has 1 amide bonds. The summed E-state index contributed by atoms with van der Waals surface area (Å²) < 4.78 is 10.7. The Morgan fingerprint density at radius 3 is 2.44 bits per heavy atom. The van der Waals surface area contributed by atoms with Crippen molar-refractivity contribution in [3.05, 3.63) is 59.7 Å². The minimum atomic E-state index is 0.0206. The van der Waals surface area contributed by atoms with Crippen LogP contribution in [-0.4, -0.2) is 37.3 Å². The Labute approximate surface area is 153 Å². The van der Waals surface area contributed by atoms with Crippen molar-refractivity contribution < 1.29 is 14.3 Å². The quantitative estimate of drug-likeness (QED) is 0.786. The van der Waals surface area contributed by atoms with Crippen molar-refractivity contribution in [2.45, 2.75) is 18.2 Å². The molecule has 0 radical (unpaired) electrons. The highest BCUT2D eigenvalue weighted by Gasteiger charge is 2.31. The van der Waals surface area contributed by atoms with Crippen molar-refractivity contribution in [1.29, 1.82) is 0 Å². The second-order valence-electron chi connectivity index (χ2n) is 5.94. The van der Waals surface area contributed by atoms with Crippen LogP contribution in [0.2, 0.25) is 0 Å². The standard InChI is InChI=1S/C20H23NO3S/c1-23-17-12-16(13-18(14-17)24-2)20-21(10-11-25-20)19(22)9-8-15-6-4-3-5-7-15/h3-7,12-14,20H,8-11H2,1-2H3/t20-/m1/s1. The van der Waals surface area contributed by atoms with E-state index < -0.39 is 0 Å². The monoisotopic (exact) mass is 357 g/mol. The van der Waals surface area contributed by atoms with Crippen LogP contribution in [0, 0.1) is 0 Å². The second kappa shape index (κ2) is 8.30. The van der Waals surface area contributed by atoms with Gasteiger partial charge >= 0.3 is 0 Å². The molecule has 5 heteroatoms. The van der Waals surface area contributed by atoms with E-state index in [2.05, 4.69) is 12.1 Å². The van der Waals surface area contributed by atoms with Gasteiger partial charge in [-0.3, -0.25) is 4.79 Å². The molecule has 1 aliphatic rings. The van der Waals surface area contributed by atoms with Crippen molar-refractivity contribution >= 4 is 17.7 Å². The SMILES string of the molecule is COc1cc(OC)cc([C@H]2SCCN2C(=O)CCc2ccccc2)c1. The number of aryl methyl sites for hydroxylation is 1. The van der Waals surface area contributed by atoms with Crippen molar-refractivity contribution in [3.63, 3.8) is 0 Å². The average Bonchev–Trinajstić information content (AvgIpc) is 3.16. The van der Waals surface area contributed by atoms with Gasteiger partial charge in [0.25, 0.3) is 0 Å². The molecular weight excluding hydrogens is 334 g/mol. The van der Waals surface area contributed by atoms with E-state index in [1.54, 1.807) is 26.0 Å². The van der Waals surface area contributed by atoms with Gasteiger partial charge in [-0.15, -0.1) is 11.8 Å². The number of carbonyl (C=O) groups is 1. The lowest BCUT2D eigenvalue weighted by Crippen LogP contribution is -2.30. The second-order valence-corrected chi connectivity index (χ2v) is 7.13. The summed E-state index contributed by atoms with van der Waals surface area (Å²) in [6, 6.07) is 16.0. The van der Waals surface area contributed by atoms with Crippen LogP contribution in [0.15, 0.2) is 48.5 Å². The highest BCUT2D eigenvalue weighted by molar-refractivity contribution is 7.99. The molecule has 4 nitrogen and oxygen atoms in total. The van der Waals surface area contributed by atoms with Crippen molar-refractivity contribution in [3.8, 4) is 11.5 Å². The van der Waals surface area contributed by atoms with Crippen LogP contribution in [0.3, 0.4) is 0 Å². The molecule has 0 aliphatic carbocycles. The van der Waals surface area contributed by atoms with Crippen LogP contribution >= 0.6 is 11.8 Å². The van der Waals surface area contributed by atoms with E-state index in [1.165, 1.54) is 5.56 Å². The number of hydrogen-bond donors (Lipinski definition) is 0. The van der Waals surface area contributed by atoms with Gasteiger partial charge in [0.1, 0.15) is 16.9 Å². The third-order valence-corrected chi connectivity index (χ3v) is 5.60. The summed E-state index contributed by atoms with van der Waals surface area (Å²) >= 11 is 1.79. The van der Waals surface area contributed by atoms with Gasteiger partial charge in [0.2, 0.25) is 5.91 Å². The van der Waals surface area contributed by atoms with Gasteiger partial charge in [-0.25, -0.2) is 0 Å². The van der Waals surface area contributed by atoms with Gasteiger partial charge in [-0.2, -0.15) is 0 Å². The number of amides is 1. The van der Waals surface area contributed by atoms with Gasteiger partial charge in [0.15, 0.2) is 0 Å². The molecule has 132 valence electrons. The predicted molar refractivity (Wildman–Crippen MR) is 101 cm³/mol. The maximum absolute atomic E-state index is 12.8. The van der Waals surface area contributed by atoms with Crippen LogP contribution < -0.4 is 9.47 Å². The third-order valence-electron chi connectivity index (χ3n) is 4.34. The summed E-state index contributed by atoms with van der Waals surface area (Å²) in [5.74, 6) is 2.64. The molecule has 0 spiro atoms. The summed E-state index contributed by atoms with van der Waals surface area (Å²) in [6.07, 6.45) is 1.30. The molecule has 0 bridgehead atoms. The average molecular weight is 357 g/mol. The van der Waals surface area contributed by atoms with Crippen LogP contribution in [0.4, 0.5) is 0 Å². The predicted octanol–water partition coefficient (Wildman–Crippen LogP) is 3.91. The van der Waals surface area contributed by atoms with E-state index in [0.717, 1.165) is 35.8 Å². The zero-order chi connectivity index (χ0) is 17.6. The highest BCUT2D eigenvalue weighted by Crippen LogP contribution is 2.40. The zero-order valence-electron chi connectivity index (χ0n) is 14.6. The first-order chi connectivity index (χ1) is 12.2. The highest BCUT2D eigenvalue weighted by atomic mass is 32.2. The number of thioether (sulfide) groups is 1. The normalized spacial score (nSPS) is 16.7.